The first-order valence-corrected chi connectivity index (χ1v) is 12.3. The van der Waals surface area contributed by atoms with E-state index in [4.69, 9.17) is 0 Å². The molecule has 1 aliphatic rings. The van der Waals surface area contributed by atoms with Crippen molar-refractivity contribution in [3.63, 3.8) is 0 Å². The van der Waals surface area contributed by atoms with Gasteiger partial charge in [0.2, 0.25) is 0 Å². The lowest BCUT2D eigenvalue weighted by molar-refractivity contribution is -0.137. The van der Waals surface area contributed by atoms with E-state index in [1.165, 1.54) is 36.4 Å². The highest BCUT2D eigenvalue weighted by Gasteiger charge is 2.38. The number of alkyl halides is 3. The quantitative estimate of drug-likeness (QED) is 0.308. The van der Waals surface area contributed by atoms with Gasteiger partial charge in [0.25, 0.3) is 5.91 Å². The molecule has 0 radical (unpaired) electrons. The van der Waals surface area contributed by atoms with Crippen molar-refractivity contribution in [1.82, 2.24) is 9.80 Å². The van der Waals surface area contributed by atoms with Crippen LogP contribution in [0, 0.1) is 23.4 Å². The van der Waals surface area contributed by atoms with Crippen LogP contribution in [0.3, 0.4) is 0 Å². The Labute approximate surface area is 217 Å². The van der Waals surface area contributed by atoms with Gasteiger partial charge < -0.3 is 4.90 Å². The minimum absolute atomic E-state index is 0.227. The third-order valence-electron chi connectivity index (χ3n) is 6.96. The summed E-state index contributed by atoms with van der Waals surface area (Å²) in [7, 11) is 0. The lowest BCUT2D eigenvalue weighted by Crippen LogP contribution is -2.42. The summed E-state index contributed by atoms with van der Waals surface area (Å²) >= 11 is 0. The maximum atomic E-state index is 13.8. The van der Waals surface area contributed by atoms with E-state index in [1.54, 1.807) is 11.0 Å². The molecule has 1 amide bonds. The van der Waals surface area contributed by atoms with Crippen molar-refractivity contribution < 1.29 is 31.1 Å². The fraction of sp³-hybridized carbons (Fsp3) is 0.345. The fourth-order valence-electron chi connectivity index (χ4n) is 5.03. The normalized spacial score (nSPS) is 18.2. The molecule has 0 unspecified atom stereocenters. The number of rotatable bonds is 7. The van der Waals surface area contributed by atoms with Crippen LogP contribution in [0.4, 0.5) is 26.3 Å². The lowest BCUT2D eigenvalue weighted by atomic mass is 9.87. The molecule has 0 N–H and O–H groups in total. The second-order valence-corrected chi connectivity index (χ2v) is 9.99. The van der Waals surface area contributed by atoms with Gasteiger partial charge in [0.1, 0.15) is 5.82 Å². The molecule has 2 atom stereocenters. The first kappa shape index (κ1) is 27.7. The van der Waals surface area contributed by atoms with E-state index in [9.17, 15) is 31.1 Å². The monoisotopic (exact) mass is 534 g/mol. The van der Waals surface area contributed by atoms with Crippen LogP contribution in [0.2, 0.25) is 0 Å². The van der Waals surface area contributed by atoms with Gasteiger partial charge in [-0.2, -0.15) is 13.2 Å². The maximum absolute atomic E-state index is 13.8. The van der Waals surface area contributed by atoms with E-state index in [-0.39, 0.29) is 36.9 Å². The van der Waals surface area contributed by atoms with E-state index in [0.717, 1.165) is 24.3 Å². The van der Waals surface area contributed by atoms with Crippen molar-refractivity contribution >= 4 is 5.91 Å². The summed E-state index contributed by atoms with van der Waals surface area (Å²) in [6, 6.07) is 13.8. The number of hydrogen-bond donors (Lipinski definition) is 0. The van der Waals surface area contributed by atoms with Gasteiger partial charge in [0.15, 0.2) is 11.6 Å². The lowest BCUT2D eigenvalue weighted by Gasteiger charge is -2.32. The molecule has 3 nitrogen and oxygen atoms in total. The Bertz CT molecular complexity index is 1270. The van der Waals surface area contributed by atoms with Crippen LogP contribution in [0.25, 0.3) is 0 Å². The predicted octanol–water partition coefficient (Wildman–Crippen LogP) is 6.89. The van der Waals surface area contributed by atoms with Crippen molar-refractivity contribution in [2.75, 3.05) is 19.6 Å². The molecular weight excluding hydrogens is 506 g/mol. The first-order chi connectivity index (χ1) is 17.9. The molecule has 1 fully saturated rings. The standard InChI is InChI=1S/C29H28F6N2O/c1-18(2)37(28(38)20-7-9-24(30)10-8-20)16-22-15-36(14-19-6-11-26(31)27(32)12-19)17-25(22)21-4-3-5-23(13-21)29(33,34)35/h3-13,18,22,25H,14-17H2,1-2H3/t22-,25-/m0/s1. The van der Waals surface area contributed by atoms with E-state index < -0.39 is 29.2 Å². The molecule has 1 aliphatic heterocycles. The zero-order valence-corrected chi connectivity index (χ0v) is 21.0. The van der Waals surface area contributed by atoms with Crippen LogP contribution in [0.1, 0.15) is 46.8 Å². The van der Waals surface area contributed by atoms with E-state index >= 15 is 0 Å². The second-order valence-electron chi connectivity index (χ2n) is 9.99. The van der Waals surface area contributed by atoms with Gasteiger partial charge in [-0.3, -0.25) is 9.69 Å². The van der Waals surface area contributed by atoms with Crippen LogP contribution in [0.15, 0.2) is 66.7 Å². The average molecular weight is 535 g/mol. The number of amides is 1. The molecule has 1 saturated heterocycles. The molecular formula is C29H28F6N2O. The van der Waals surface area contributed by atoms with E-state index in [1.807, 2.05) is 18.7 Å². The summed E-state index contributed by atoms with van der Waals surface area (Å²) in [5.74, 6) is -3.28. The topological polar surface area (TPSA) is 23.6 Å². The van der Waals surface area contributed by atoms with Crippen LogP contribution < -0.4 is 0 Å². The Morgan fingerprint density at radius 2 is 1.66 bits per heavy atom. The Kier molecular flexibility index (Phi) is 8.16. The second kappa shape index (κ2) is 11.2. The summed E-state index contributed by atoms with van der Waals surface area (Å²) in [6.45, 7) is 5.02. The molecule has 0 saturated carbocycles. The molecule has 0 aromatic heterocycles. The SMILES string of the molecule is CC(C)N(C[C@@H]1CN(Cc2ccc(F)c(F)c2)C[C@H]1c1cccc(C(F)(F)F)c1)C(=O)c1ccc(F)cc1. The number of carbonyl (C=O) groups excluding carboxylic acids is 1. The molecule has 9 heteroatoms. The van der Waals surface area contributed by atoms with Gasteiger partial charge >= 0.3 is 6.18 Å². The number of carbonyl (C=O) groups is 1. The predicted molar refractivity (Wildman–Crippen MR) is 132 cm³/mol. The number of nitrogens with zero attached hydrogens (tertiary/aromatic N) is 2. The molecule has 1 heterocycles. The van der Waals surface area contributed by atoms with Crippen molar-refractivity contribution in [3.8, 4) is 0 Å². The van der Waals surface area contributed by atoms with Gasteiger partial charge in [-0.05, 0) is 73.4 Å². The largest absolute Gasteiger partial charge is 0.416 e. The average Bonchev–Trinajstić information content (AvgIpc) is 3.26. The molecule has 4 rings (SSSR count). The summed E-state index contributed by atoms with van der Waals surface area (Å²) in [5, 5.41) is 0. The Hall–Kier alpha value is -3.33. The highest BCUT2D eigenvalue weighted by Crippen LogP contribution is 2.38. The highest BCUT2D eigenvalue weighted by atomic mass is 19.4. The van der Waals surface area contributed by atoms with Crippen molar-refractivity contribution in [2.24, 2.45) is 5.92 Å². The Morgan fingerprint density at radius 3 is 2.29 bits per heavy atom. The van der Waals surface area contributed by atoms with Crippen LogP contribution >= 0.6 is 0 Å². The molecule has 3 aromatic rings. The zero-order valence-electron chi connectivity index (χ0n) is 21.0. The van der Waals surface area contributed by atoms with E-state index in [0.29, 0.717) is 29.8 Å². The van der Waals surface area contributed by atoms with Crippen molar-refractivity contribution in [1.29, 1.82) is 0 Å². The molecule has 0 aliphatic carbocycles. The third kappa shape index (κ3) is 6.38. The zero-order chi connectivity index (χ0) is 27.6. The van der Waals surface area contributed by atoms with E-state index in [2.05, 4.69) is 0 Å². The van der Waals surface area contributed by atoms with Crippen LogP contribution in [0.5, 0.6) is 0 Å². The number of benzene rings is 3. The van der Waals surface area contributed by atoms with Gasteiger partial charge in [-0.25, -0.2) is 13.2 Å². The van der Waals surface area contributed by atoms with Gasteiger partial charge in [-0.1, -0.05) is 24.3 Å². The molecule has 3 aromatic carbocycles. The minimum atomic E-state index is -4.50. The smallest absolute Gasteiger partial charge is 0.336 e. The van der Waals surface area contributed by atoms with Crippen LogP contribution in [-0.4, -0.2) is 41.4 Å². The molecule has 202 valence electrons. The summed E-state index contributed by atoms with van der Waals surface area (Å²) in [4.78, 5) is 16.9. The first-order valence-electron chi connectivity index (χ1n) is 12.3. The summed E-state index contributed by atoms with van der Waals surface area (Å²) in [5.41, 5.74) is 0.592. The van der Waals surface area contributed by atoms with Gasteiger partial charge in [-0.15, -0.1) is 0 Å². The fourth-order valence-corrected chi connectivity index (χ4v) is 5.03. The third-order valence-corrected chi connectivity index (χ3v) is 6.96. The number of likely N-dealkylation sites (tertiary alicyclic amines) is 1. The highest BCUT2D eigenvalue weighted by molar-refractivity contribution is 5.94. The molecule has 0 spiro atoms. The molecule has 38 heavy (non-hydrogen) atoms. The van der Waals surface area contributed by atoms with Crippen molar-refractivity contribution in [2.45, 2.75) is 38.5 Å². The number of hydrogen-bond acceptors (Lipinski definition) is 2. The minimum Gasteiger partial charge on any atom is -0.336 e. The number of halogens is 6. The Balaban J connectivity index is 1.63. The molecule has 0 bridgehead atoms. The van der Waals surface area contributed by atoms with Gasteiger partial charge in [0, 0.05) is 43.7 Å². The maximum Gasteiger partial charge on any atom is 0.416 e. The summed E-state index contributed by atoms with van der Waals surface area (Å²) < 4.78 is 81.0. The summed E-state index contributed by atoms with van der Waals surface area (Å²) in [6.07, 6.45) is -4.50. The Morgan fingerprint density at radius 1 is 0.947 bits per heavy atom. The van der Waals surface area contributed by atoms with Gasteiger partial charge in [0.05, 0.1) is 5.56 Å². The van der Waals surface area contributed by atoms with Crippen LogP contribution in [-0.2, 0) is 12.7 Å². The van der Waals surface area contributed by atoms with Crippen molar-refractivity contribution in [3.05, 3.63) is 106 Å².